The number of allylic oxidation sites excluding steroid dienone is 1. The number of benzene rings is 2. The van der Waals surface area contributed by atoms with Crippen LogP contribution in [0, 0.1) is 0 Å². The molecule has 2 aromatic rings. The molecule has 150 valence electrons. The molecule has 2 aromatic carbocycles. The van der Waals surface area contributed by atoms with E-state index in [2.05, 4.69) is 10.3 Å². The lowest BCUT2D eigenvalue weighted by Gasteiger charge is -2.26. The summed E-state index contributed by atoms with van der Waals surface area (Å²) in [6, 6.07) is 11.1. The van der Waals surface area contributed by atoms with Crippen molar-refractivity contribution in [2.45, 2.75) is 18.7 Å². The van der Waals surface area contributed by atoms with Crippen molar-refractivity contribution in [3.05, 3.63) is 80.5 Å². The van der Waals surface area contributed by atoms with Crippen LogP contribution in [-0.4, -0.2) is 22.2 Å². The van der Waals surface area contributed by atoms with Crippen molar-refractivity contribution in [3.63, 3.8) is 0 Å². The van der Waals surface area contributed by atoms with Gasteiger partial charge in [-0.05, 0) is 30.7 Å². The minimum atomic E-state index is -0.969. The Bertz CT molecular complexity index is 1040. The van der Waals surface area contributed by atoms with Crippen LogP contribution in [0.3, 0.4) is 0 Å². The number of halogens is 2. The van der Waals surface area contributed by atoms with Crippen molar-refractivity contribution >= 4 is 52.0 Å². The molecule has 0 aromatic heterocycles. The van der Waals surface area contributed by atoms with Gasteiger partial charge in [-0.2, -0.15) is 0 Å². The van der Waals surface area contributed by atoms with Crippen LogP contribution in [-0.2, 0) is 10.5 Å². The van der Waals surface area contributed by atoms with Crippen molar-refractivity contribution in [1.82, 2.24) is 5.32 Å². The topological polar surface area (TPSA) is 105 Å². The highest BCUT2D eigenvalue weighted by molar-refractivity contribution is 8.13. The van der Waals surface area contributed by atoms with E-state index in [1.807, 2.05) is 0 Å². The van der Waals surface area contributed by atoms with Crippen molar-refractivity contribution in [3.8, 4) is 0 Å². The summed E-state index contributed by atoms with van der Waals surface area (Å²) in [6.07, 6.45) is 0. The van der Waals surface area contributed by atoms with Crippen LogP contribution in [0.5, 0.6) is 0 Å². The largest absolute Gasteiger partial charge is 0.478 e. The smallest absolute Gasteiger partial charge is 0.335 e. The minimum absolute atomic E-state index is 0.229. The normalized spacial score (nSPS) is 16.2. The number of rotatable bonds is 5. The van der Waals surface area contributed by atoms with E-state index in [4.69, 9.17) is 34.0 Å². The third-order valence-corrected chi connectivity index (χ3v) is 6.13. The van der Waals surface area contributed by atoms with Crippen LogP contribution in [0.25, 0.3) is 0 Å². The van der Waals surface area contributed by atoms with E-state index in [0.29, 0.717) is 37.8 Å². The van der Waals surface area contributed by atoms with E-state index in [0.717, 1.165) is 5.56 Å². The number of nitrogens with zero attached hydrogens (tertiary/aromatic N) is 1. The van der Waals surface area contributed by atoms with Gasteiger partial charge in [0.25, 0.3) is 0 Å². The third-order valence-electron chi connectivity index (χ3n) is 4.34. The molecule has 1 aliphatic heterocycles. The summed E-state index contributed by atoms with van der Waals surface area (Å²) < 4.78 is 0. The highest BCUT2D eigenvalue weighted by Gasteiger charge is 2.29. The number of hydrogen-bond acceptors (Lipinski definition) is 5. The van der Waals surface area contributed by atoms with Crippen molar-refractivity contribution in [2.75, 3.05) is 0 Å². The second kappa shape index (κ2) is 8.90. The molecular formula is C20H17Cl2N3O3S. The molecule has 0 spiro atoms. The average molecular weight is 450 g/mol. The molecule has 6 nitrogen and oxygen atoms in total. The zero-order valence-corrected chi connectivity index (χ0v) is 17.6. The number of aromatic carboxylic acids is 1. The van der Waals surface area contributed by atoms with Gasteiger partial charge in [0.05, 0.1) is 21.2 Å². The number of amidine groups is 1. The molecule has 0 bridgehead atoms. The molecule has 0 radical (unpaired) electrons. The summed E-state index contributed by atoms with van der Waals surface area (Å²) in [5.74, 6) is -1.00. The molecule has 29 heavy (non-hydrogen) atoms. The Kier molecular flexibility index (Phi) is 6.52. The first kappa shape index (κ1) is 21.2. The molecule has 0 aliphatic carbocycles. The van der Waals surface area contributed by atoms with E-state index >= 15 is 0 Å². The maximum absolute atomic E-state index is 12.0. The SMILES string of the molecule is CC1=C(C(N)=O)[C@H](c2cccc(Cl)c2Cl)N=C(SCc2ccc(C(=O)O)cc2)N1. The molecule has 1 atom stereocenters. The van der Waals surface area contributed by atoms with Gasteiger partial charge in [0.15, 0.2) is 5.17 Å². The summed E-state index contributed by atoms with van der Waals surface area (Å²) in [5.41, 5.74) is 8.26. The van der Waals surface area contributed by atoms with Gasteiger partial charge in [0, 0.05) is 17.0 Å². The Balaban J connectivity index is 1.87. The van der Waals surface area contributed by atoms with Gasteiger partial charge in [0.2, 0.25) is 5.91 Å². The molecule has 4 N–H and O–H groups in total. The Morgan fingerprint density at radius 3 is 2.52 bits per heavy atom. The number of carbonyl (C=O) groups is 2. The van der Waals surface area contributed by atoms with Crippen LogP contribution in [0.15, 0.2) is 58.7 Å². The fraction of sp³-hybridized carbons (Fsp3) is 0.150. The number of carbonyl (C=O) groups excluding carboxylic acids is 1. The van der Waals surface area contributed by atoms with Gasteiger partial charge in [-0.15, -0.1) is 0 Å². The van der Waals surface area contributed by atoms with Gasteiger partial charge in [-0.1, -0.05) is 59.2 Å². The summed E-state index contributed by atoms with van der Waals surface area (Å²) in [4.78, 5) is 27.6. The second-order valence-corrected chi connectivity index (χ2v) is 8.05. The Labute approximate surface area is 181 Å². The number of amides is 1. The fourth-order valence-corrected chi connectivity index (χ4v) is 4.20. The van der Waals surface area contributed by atoms with Crippen LogP contribution in [0.4, 0.5) is 0 Å². The summed E-state index contributed by atoms with van der Waals surface area (Å²) in [6.45, 7) is 1.75. The molecule has 0 saturated heterocycles. The number of carboxylic acid groups (broad SMARTS) is 1. The summed E-state index contributed by atoms with van der Waals surface area (Å²) in [5, 5.41) is 13.4. The van der Waals surface area contributed by atoms with Crippen molar-refractivity contribution in [2.24, 2.45) is 10.7 Å². The molecule has 9 heteroatoms. The van der Waals surface area contributed by atoms with E-state index in [9.17, 15) is 9.59 Å². The maximum Gasteiger partial charge on any atom is 0.335 e. The summed E-state index contributed by atoms with van der Waals surface area (Å²) in [7, 11) is 0. The molecule has 1 heterocycles. The van der Waals surface area contributed by atoms with E-state index in [1.165, 1.54) is 11.8 Å². The molecular weight excluding hydrogens is 433 g/mol. The first-order valence-corrected chi connectivity index (χ1v) is 10.3. The predicted octanol–water partition coefficient (Wildman–Crippen LogP) is 4.38. The zero-order valence-electron chi connectivity index (χ0n) is 15.3. The first-order chi connectivity index (χ1) is 13.8. The van der Waals surface area contributed by atoms with Crippen molar-refractivity contribution in [1.29, 1.82) is 0 Å². The number of primary amides is 1. The molecule has 0 saturated carbocycles. The highest BCUT2D eigenvalue weighted by atomic mass is 35.5. The van der Waals surface area contributed by atoms with Crippen molar-refractivity contribution < 1.29 is 14.7 Å². The highest BCUT2D eigenvalue weighted by Crippen LogP contribution is 2.38. The Morgan fingerprint density at radius 2 is 1.90 bits per heavy atom. The molecule has 1 amide bonds. The van der Waals surface area contributed by atoms with Crippen LogP contribution >= 0.6 is 35.0 Å². The number of nitrogens with two attached hydrogens (primary N) is 1. The Hall–Kier alpha value is -2.48. The maximum atomic E-state index is 12.0. The van der Waals surface area contributed by atoms with E-state index in [-0.39, 0.29) is 5.56 Å². The van der Waals surface area contributed by atoms with Crippen LogP contribution < -0.4 is 11.1 Å². The molecule has 0 fully saturated rings. The number of nitrogens with one attached hydrogen (secondary N) is 1. The lowest BCUT2D eigenvalue weighted by atomic mass is 9.96. The minimum Gasteiger partial charge on any atom is -0.478 e. The first-order valence-electron chi connectivity index (χ1n) is 8.52. The van der Waals surface area contributed by atoms with Gasteiger partial charge in [0.1, 0.15) is 6.04 Å². The predicted molar refractivity (Wildman–Crippen MR) is 116 cm³/mol. The van der Waals surface area contributed by atoms with Gasteiger partial charge < -0.3 is 16.2 Å². The molecule has 0 unspecified atom stereocenters. The zero-order chi connectivity index (χ0) is 21.1. The second-order valence-electron chi connectivity index (χ2n) is 6.30. The van der Waals surface area contributed by atoms with Crippen LogP contribution in [0.2, 0.25) is 10.0 Å². The lowest BCUT2D eigenvalue weighted by molar-refractivity contribution is -0.114. The standard InChI is InChI=1S/C20H17Cl2N3O3S/c1-10-15(18(23)26)17(13-3-2-4-14(21)16(13)22)25-20(24-10)29-9-11-5-7-12(8-6-11)19(27)28/h2-8,17H,9H2,1H3,(H2,23,26)(H,24,25)(H,27,28)/t17-/m0/s1. The lowest BCUT2D eigenvalue weighted by Crippen LogP contribution is -2.32. The number of thioether (sulfide) groups is 1. The number of hydrogen-bond donors (Lipinski definition) is 3. The number of carboxylic acids is 1. The fourth-order valence-electron chi connectivity index (χ4n) is 2.89. The van der Waals surface area contributed by atoms with Gasteiger partial charge >= 0.3 is 5.97 Å². The van der Waals surface area contributed by atoms with Crippen LogP contribution in [0.1, 0.15) is 34.5 Å². The molecule has 3 rings (SSSR count). The quantitative estimate of drug-likeness (QED) is 0.627. The molecule has 1 aliphatic rings. The Morgan fingerprint density at radius 1 is 1.21 bits per heavy atom. The average Bonchev–Trinajstić information content (AvgIpc) is 2.68. The van der Waals surface area contributed by atoms with E-state index < -0.39 is 17.9 Å². The van der Waals surface area contributed by atoms with Gasteiger partial charge in [-0.25, -0.2) is 9.79 Å². The third kappa shape index (κ3) is 4.75. The number of aliphatic imine (C=N–C) groups is 1. The monoisotopic (exact) mass is 449 g/mol. The van der Waals surface area contributed by atoms with E-state index in [1.54, 1.807) is 49.4 Å². The summed E-state index contributed by atoms with van der Waals surface area (Å²) >= 11 is 13.9. The van der Waals surface area contributed by atoms with Gasteiger partial charge in [-0.3, -0.25) is 4.79 Å².